The molecule has 1 aromatic carbocycles. The molecule has 2 rings (SSSR count). The molecule has 0 fully saturated rings. The van der Waals surface area contributed by atoms with Crippen molar-refractivity contribution in [3.8, 4) is 10.6 Å². The molecular formula is C10H6ClNO2S. The Morgan fingerprint density at radius 3 is 2.53 bits per heavy atom. The molecule has 76 valence electrons. The normalized spacial score (nSPS) is 10.2. The highest BCUT2D eigenvalue weighted by Crippen LogP contribution is 2.30. The summed E-state index contributed by atoms with van der Waals surface area (Å²) in [6, 6.07) is 9.34. The Morgan fingerprint density at radius 1 is 1.33 bits per heavy atom. The summed E-state index contributed by atoms with van der Waals surface area (Å²) < 4.78 is 0. The number of nitrogens with zero attached hydrogens (tertiary/aromatic N) is 1. The van der Waals surface area contributed by atoms with Crippen LogP contribution in [0.4, 0.5) is 0 Å². The molecule has 1 aromatic heterocycles. The van der Waals surface area contributed by atoms with Gasteiger partial charge in [-0.15, -0.1) is 11.3 Å². The second kappa shape index (κ2) is 4.00. The van der Waals surface area contributed by atoms with Crippen LogP contribution in [0.3, 0.4) is 0 Å². The average Bonchev–Trinajstić information content (AvgIpc) is 2.62. The monoisotopic (exact) mass is 239 g/mol. The number of thiazole rings is 1. The Morgan fingerprint density at radius 2 is 2.00 bits per heavy atom. The van der Waals surface area contributed by atoms with Crippen molar-refractivity contribution in [2.24, 2.45) is 0 Å². The van der Waals surface area contributed by atoms with Crippen LogP contribution in [0.2, 0.25) is 5.15 Å². The maximum absolute atomic E-state index is 10.8. The third kappa shape index (κ3) is 2.00. The number of carbonyl (C=O) groups is 1. The van der Waals surface area contributed by atoms with Gasteiger partial charge in [0, 0.05) is 5.56 Å². The van der Waals surface area contributed by atoms with E-state index in [2.05, 4.69) is 4.98 Å². The minimum Gasteiger partial charge on any atom is -0.477 e. The van der Waals surface area contributed by atoms with Crippen molar-refractivity contribution in [3.05, 3.63) is 40.4 Å². The summed E-state index contributed by atoms with van der Waals surface area (Å²) in [6.45, 7) is 0. The molecule has 2 aromatic rings. The fourth-order valence-corrected chi connectivity index (χ4v) is 2.27. The van der Waals surface area contributed by atoms with E-state index in [4.69, 9.17) is 16.7 Å². The SMILES string of the molecule is O=C(O)c1sc(-c2ccccc2)nc1Cl. The second-order valence-electron chi connectivity index (χ2n) is 2.81. The molecule has 0 spiro atoms. The number of rotatable bonds is 2. The molecule has 1 heterocycles. The first-order valence-corrected chi connectivity index (χ1v) is 5.33. The third-order valence-electron chi connectivity index (χ3n) is 1.80. The quantitative estimate of drug-likeness (QED) is 0.876. The molecule has 15 heavy (non-hydrogen) atoms. The number of carboxylic acids is 1. The molecule has 0 saturated carbocycles. The smallest absolute Gasteiger partial charge is 0.349 e. The molecule has 0 saturated heterocycles. The summed E-state index contributed by atoms with van der Waals surface area (Å²) in [5, 5.41) is 9.48. The summed E-state index contributed by atoms with van der Waals surface area (Å²) in [5.74, 6) is -1.04. The Labute approximate surface area is 95.0 Å². The van der Waals surface area contributed by atoms with Gasteiger partial charge in [-0.05, 0) is 0 Å². The van der Waals surface area contributed by atoms with E-state index < -0.39 is 5.97 Å². The zero-order chi connectivity index (χ0) is 10.8. The first-order valence-electron chi connectivity index (χ1n) is 4.13. The number of benzene rings is 1. The van der Waals surface area contributed by atoms with Crippen LogP contribution in [0, 0.1) is 0 Å². The Balaban J connectivity index is 2.48. The number of carboxylic acid groups (broad SMARTS) is 1. The van der Waals surface area contributed by atoms with E-state index in [-0.39, 0.29) is 10.0 Å². The largest absolute Gasteiger partial charge is 0.477 e. The lowest BCUT2D eigenvalue weighted by Crippen LogP contribution is -1.91. The van der Waals surface area contributed by atoms with Gasteiger partial charge in [-0.3, -0.25) is 0 Å². The van der Waals surface area contributed by atoms with Crippen molar-refractivity contribution in [3.63, 3.8) is 0 Å². The number of aromatic nitrogens is 1. The van der Waals surface area contributed by atoms with Crippen LogP contribution < -0.4 is 0 Å². The highest BCUT2D eigenvalue weighted by molar-refractivity contribution is 7.17. The van der Waals surface area contributed by atoms with Crippen molar-refractivity contribution in [1.82, 2.24) is 4.98 Å². The van der Waals surface area contributed by atoms with Crippen molar-refractivity contribution >= 4 is 28.9 Å². The van der Waals surface area contributed by atoms with Crippen molar-refractivity contribution in [2.45, 2.75) is 0 Å². The van der Waals surface area contributed by atoms with Gasteiger partial charge in [0.05, 0.1) is 0 Å². The van der Waals surface area contributed by atoms with Crippen molar-refractivity contribution in [1.29, 1.82) is 0 Å². The van der Waals surface area contributed by atoms with Crippen LogP contribution in [0.25, 0.3) is 10.6 Å². The molecule has 1 N–H and O–H groups in total. The van der Waals surface area contributed by atoms with Crippen molar-refractivity contribution < 1.29 is 9.90 Å². The first-order chi connectivity index (χ1) is 7.18. The molecule has 5 heteroatoms. The molecule has 0 amide bonds. The predicted octanol–water partition coefficient (Wildman–Crippen LogP) is 3.16. The Hall–Kier alpha value is -1.39. The maximum atomic E-state index is 10.8. The minimum atomic E-state index is -1.04. The third-order valence-corrected chi connectivity index (χ3v) is 3.28. The van der Waals surface area contributed by atoms with Crippen LogP contribution in [-0.2, 0) is 0 Å². The number of hydrogen-bond acceptors (Lipinski definition) is 3. The van der Waals surface area contributed by atoms with Crippen LogP contribution in [-0.4, -0.2) is 16.1 Å². The fraction of sp³-hybridized carbons (Fsp3) is 0. The van der Waals surface area contributed by atoms with Gasteiger partial charge in [0.25, 0.3) is 0 Å². The van der Waals surface area contributed by atoms with Gasteiger partial charge >= 0.3 is 5.97 Å². The summed E-state index contributed by atoms with van der Waals surface area (Å²) in [7, 11) is 0. The molecule has 0 aliphatic heterocycles. The molecule has 3 nitrogen and oxygen atoms in total. The van der Waals surface area contributed by atoms with E-state index in [1.165, 1.54) is 0 Å². The Bertz CT molecular complexity index is 495. The van der Waals surface area contributed by atoms with Gasteiger partial charge in [0.2, 0.25) is 0 Å². The average molecular weight is 240 g/mol. The standard InChI is InChI=1S/C10H6ClNO2S/c11-8-7(10(13)14)15-9(12-8)6-4-2-1-3-5-6/h1-5H,(H,13,14). The van der Waals surface area contributed by atoms with Gasteiger partial charge in [-0.2, -0.15) is 0 Å². The Kier molecular flexibility index (Phi) is 2.70. The molecule has 0 unspecified atom stereocenters. The lowest BCUT2D eigenvalue weighted by Gasteiger charge is -1.92. The highest BCUT2D eigenvalue weighted by Gasteiger charge is 2.16. The minimum absolute atomic E-state index is 0.0475. The predicted molar refractivity (Wildman–Crippen MR) is 59.5 cm³/mol. The van der Waals surface area contributed by atoms with E-state index in [9.17, 15) is 4.79 Å². The van der Waals surface area contributed by atoms with E-state index in [1.807, 2.05) is 30.3 Å². The number of hydrogen-bond donors (Lipinski definition) is 1. The zero-order valence-electron chi connectivity index (χ0n) is 7.48. The molecule has 0 aliphatic carbocycles. The van der Waals surface area contributed by atoms with Crippen LogP contribution in [0.15, 0.2) is 30.3 Å². The highest BCUT2D eigenvalue weighted by atomic mass is 35.5. The lowest BCUT2D eigenvalue weighted by atomic mass is 10.2. The van der Waals surface area contributed by atoms with E-state index in [0.29, 0.717) is 5.01 Å². The molecule has 0 bridgehead atoms. The molecule has 0 atom stereocenters. The summed E-state index contributed by atoms with van der Waals surface area (Å²) in [5.41, 5.74) is 0.872. The van der Waals surface area contributed by atoms with E-state index in [1.54, 1.807) is 0 Å². The van der Waals surface area contributed by atoms with E-state index in [0.717, 1.165) is 16.9 Å². The van der Waals surface area contributed by atoms with Crippen LogP contribution in [0.1, 0.15) is 9.67 Å². The van der Waals surface area contributed by atoms with Crippen molar-refractivity contribution in [2.75, 3.05) is 0 Å². The fourth-order valence-electron chi connectivity index (χ4n) is 1.14. The second-order valence-corrected chi connectivity index (χ2v) is 4.17. The maximum Gasteiger partial charge on any atom is 0.349 e. The molecular weight excluding hydrogens is 234 g/mol. The van der Waals surface area contributed by atoms with Gasteiger partial charge < -0.3 is 5.11 Å². The summed E-state index contributed by atoms with van der Waals surface area (Å²) in [4.78, 5) is 14.8. The number of aromatic carboxylic acids is 1. The number of halogens is 1. The van der Waals surface area contributed by atoms with Crippen LogP contribution in [0.5, 0.6) is 0 Å². The van der Waals surface area contributed by atoms with Crippen LogP contribution >= 0.6 is 22.9 Å². The summed E-state index contributed by atoms with van der Waals surface area (Å²) in [6.07, 6.45) is 0. The summed E-state index contributed by atoms with van der Waals surface area (Å²) >= 11 is 6.79. The van der Waals surface area contributed by atoms with Gasteiger partial charge in [-0.25, -0.2) is 9.78 Å². The first kappa shape index (κ1) is 10.1. The van der Waals surface area contributed by atoms with Gasteiger partial charge in [0.15, 0.2) is 10.0 Å². The van der Waals surface area contributed by atoms with Gasteiger partial charge in [-0.1, -0.05) is 41.9 Å². The lowest BCUT2D eigenvalue weighted by molar-refractivity contribution is 0.0702. The molecule has 0 aliphatic rings. The zero-order valence-corrected chi connectivity index (χ0v) is 9.05. The molecule has 0 radical (unpaired) electrons. The van der Waals surface area contributed by atoms with Gasteiger partial charge in [0.1, 0.15) is 5.01 Å². The topological polar surface area (TPSA) is 50.2 Å². The van der Waals surface area contributed by atoms with E-state index >= 15 is 0 Å².